The molecule has 2 rings (SSSR count). The molecule has 0 spiro atoms. The van der Waals surface area contributed by atoms with Crippen LogP contribution in [0.2, 0.25) is 0 Å². The van der Waals surface area contributed by atoms with Crippen LogP contribution in [0.5, 0.6) is 0 Å². The van der Waals surface area contributed by atoms with Gasteiger partial charge in [-0.25, -0.2) is 0 Å². The Morgan fingerprint density at radius 2 is 2.00 bits per heavy atom. The third-order valence-corrected chi connectivity index (χ3v) is 4.00. The third kappa shape index (κ3) is 4.08. The molecule has 1 heterocycles. The molecule has 0 radical (unpaired) electrons. The maximum absolute atomic E-state index is 4.17. The predicted octanol–water partition coefficient (Wildman–Crippen LogP) is 3.70. The molecule has 0 saturated carbocycles. The second-order valence-corrected chi connectivity index (χ2v) is 5.75. The number of hydrogen-bond acceptors (Lipinski definition) is 3. The number of hydrogen-bond donors (Lipinski definition) is 1. The molecule has 0 aliphatic heterocycles. The Bertz CT molecular complexity index is 482. The zero-order valence-electron chi connectivity index (χ0n) is 11.5. The number of likely N-dealkylation sites (N-methyl/N-ethyl adjacent to an activating group) is 1. The van der Waals surface area contributed by atoms with Gasteiger partial charge in [-0.2, -0.15) is 0 Å². The fourth-order valence-corrected chi connectivity index (χ4v) is 2.77. The van der Waals surface area contributed by atoms with Crippen molar-refractivity contribution in [1.29, 1.82) is 0 Å². The van der Waals surface area contributed by atoms with Crippen molar-refractivity contribution in [2.75, 3.05) is 12.8 Å². The first kappa shape index (κ1) is 14.1. The molecule has 0 amide bonds. The van der Waals surface area contributed by atoms with Crippen LogP contribution in [-0.4, -0.2) is 17.8 Å². The van der Waals surface area contributed by atoms with E-state index in [-0.39, 0.29) is 0 Å². The molecule has 1 atom stereocenters. The van der Waals surface area contributed by atoms with Crippen molar-refractivity contribution >= 4 is 11.8 Å². The molecule has 0 fully saturated rings. The summed E-state index contributed by atoms with van der Waals surface area (Å²) in [5.41, 5.74) is 2.58. The van der Waals surface area contributed by atoms with E-state index in [1.54, 1.807) is 0 Å². The Hall–Kier alpha value is -1.32. The zero-order valence-corrected chi connectivity index (χ0v) is 12.3. The molecule has 1 aromatic heterocycles. The second kappa shape index (κ2) is 7.31. The van der Waals surface area contributed by atoms with E-state index in [4.69, 9.17) is 0 Å². The molecule has 0 aliphatic rings. The van der Waals surface area contributed by atoms with Crippen LogP contribution in [0.4, 0.5) is 0 Å². The largest absolute Gasteiger partial charge is 0.313 e. The van der Waals surface area contributed by atoms with Crippen LogP contribution in [0.1, 0.15) is 24.1 Å². The van der Waals surface area contributed by atoms with Crippen LogP contribution in [0.3, 0.4) is 0 Å². The number of nitrogens with zero attached hydrogens (tertiary/aromatic N) is 1. The molecular weight excluding hydrogens is 252 g/mol. The lowest BCUT2D eigenvalue weighted by Gasteiger charge is -2.17. The first-order valence-electron chi connectivity index (χ1n) is 6.62. The highest BCUT2D eigenvalue weighted by molar-refractivity contribution is 7.99. The Kier molecular flexibility index (Phi) is 5.43. The normalized spacial score (nSPS) is 12.3. The van der Waals surface area contributed by atoms with Gasteiger partial charge < -0.3 is 5.32 Å². The summed E-state index contributed by atoms with van der Waals surface area (Å²) in [7, 11) is 2.01. The molecule has 3 heteroatoms. The van der Waals surface area contributed by atoms with E-state index < -0.39 is 0 Å². The van der Waals surface area contributed by atoms with Crippen LogP contribution < -0.4 is 5.32 Å². The number of nitrogens with one attached hydrogen (secondary N) is 1. The molecule has 100 valence electrons. The predicted molar refractivity (Wildman–Crippen MR) is 82.6 cm³/mol. The summed E-state index contributed by atoms with van der Waals surface area (Å²) >= 11 is 1.88. The van der Waals surface area contributed by atoms with Crippen molar-refractivity contribution in [2.24, 2.45) is 0 Å². The zero-order chi connectivity index (χ0) is 13.5. The second-order valence-electron chi connectivity index (χ2n) is 4.41. The van der Waals surface area contributed by atoms with E-state index in [2.05, 4.69) is 47.6 Å². The molecule has 2 nitrogen and oxygen atoms in total. The van der Waals surface area contributed by atoms with Crippen LogP contribution in [0.25, 0.3) is 0 Å². The minimum Gasteiger partial charge on any atom is -0.313 e. The highest BCUT2D eigenvalue weighted by Crippen LogP contribution is 2.22. The fourth-order valence-electron chi connectivity index (χ4n) is 2.10. The minimum absolute atomic E-state index is 0.338. The van der Waals surface area contributed by atoms with Gasteiger partial charge in [-0.05, 0) is 48.5 Å². The smallest absolute Gasteiger partial charge is 0.0358 e. The molecule has 0 bridgehead atoms. The topological polar surface area (TPSA) is 24.9 Å². The SMILES string of the molecule is CCSc1ccc(C(Cc2cccnc2)NC)cc1. The average molecular weight is 272 g/mol. The van der Waals surface area contributed by atoms with E-state index in [1.807, 2.05) is 37.3 Å². The standard InChI is InChI=1S/C16H20N2S/c1-3-19-15-8-6-14(7-9-15)16(17-2)11-13-5-4-10-18-12-13/h4-10,12,16-17H,3,11H2,1-2H3. The highest BCUT2D eigenvalue weighted by Gasteiger charge is 2.10. The van der Waals surface area contributed by atoms with E-state index in [0.29, 0.717) is 6.04 Å². The van der Waals surface area contributed by atoms with Crippen molar-refractivity contribution < 1.29 is 0 Å². The Balaban J connectivity index is 2.08. The summed E-state index contributed by atoms with van der Waals surface area (Å²) in [6.07, 6.45) is 4.71. The first-order valence-corrected chi connectivity index (χ1v) is 7.61. The highest BCUT2D eigenvalue weighted by atomic mass is 32.2. The fraction of sp³-hybridized carbons (Fsp3) is 0.312. The number of pyridine rings is 1. The van der Waals surface area contributed by atoms with Crippen molar-refractivity contribution in [2.45, 2.75) is 24.3 Å². The van der Waals surface area contributed by atoms with Crippen LogP contribution in [0.15, 0.2) is 53.7 Å². The van der Waals surface area contributed by atoms with E-state index in [0.717, 1.165) is 12.2 Å². The van der Waals surface area contributed by atoms with Gasteiger partial charge in [0.15, 0.2) is 0 Å². The third-order valence-electron chi connectivity index (χ3n) is 3.10. The Labute approximate surface area is 119 Å². The Morgan fingerprint density at radius 1 is 1.21 bits per heavy atom. The van der Waals surface area contributed by atoms with E-state index in [9.17, 15) is 0 Å². The minimum atomic E-state index is 0.338. The maximum atomic E-state index is 4.17. The van der Waals surface area contributed by atoms with Crippen LogP contribution in [-0.2, 0) is 6.42 Å². The quantitative estimate of drug-likeness (QED) is 0.812. The molecule has 1 unspecified atom stereocenters. The average Bonchev–Trinajstić information content (AvgIpc) is 2.47. The van der Waals surface area contributed by atoms with Gasteiger partial charge in [0.1, 0.15) is 0 Å². The lowest BCUT2D eigenvalue weighted by atomic mass is 10.0. The number of aromatic nitrogens is 1. The van der Waals surface area contributed by atoms with Crippen molar-refractivity contribution in [3.63, 3.8) is 0 Å². The van der Waals surface area contributed by atoms with Gasteiger partial charge in [0.05, 0.1) is 0 Å². The number of benzene rings is 1. The molecule has 2 aromatic rings. The van der Waals surface area contributed by atoms with Gasteiger partial charge in [0.2, 0.25) is 0 Å². The monoisotopic (exact) mass is 272 g/mol. The lowest BCUT2D eigenvalue weighted by Crippen LogP contribution is -2.18. The molecule has 1 N–H and O–H groups in total. The van der Waals surface area contributed by atoms with Crippen molar-refractivity contribution in [3.8, 4) is 0 Å². The molecule has 19 heavy (non-hydrogen) atoms. The number of thioether (sulfide) groups is 1. The molecule has 1 aromatic carbocycles. The van der Waals surface area contributed by atoms with Gasteiger partial charge in [0.25, 0.3) is 0 Å². The van der Waals surface area contributed by atoms with Gasteiger partial charge in [-0.15, -0.1) is 11.8 Å². The summed E-state index contributed by atoms with van der Waals surface area (Å²) < 4.78 is 0. The lowest BCUT2D eigenvalue weighted by molar-refractivity contribution is 0.591. The van der Waals surface area contributed by atoms with E-state index in [1.165, 1.54) is 16.0 Å². The van der Waals surface area contributed by atoms with Gasteiger partial charge in [-0.3, -0.25) is 4.98 Å². The van der Waals surface area contributed by atoms with Crippen molar-refractivity contribution in [1.82, 2.24) is 10.3 Å². The summed E-state index contributed by atoms with van der Waals surface area (Å²) in [4.78, 5) is 5.51. The summed E-state index contributed by atoms with van der Waals surface area (Å²) in [5, 5.41) is 3.38. The van der Waals surface area contributed by atoms with Gasteiger partial charge in [-0.1, -0.05) is 25.1 Å². The molecule has 0 saturated heterocycles. The summed E-state index contributed by atoms with van der Waals surface area (Å²) in [6, 6.07) is 13.3. The van der Waals surface area contributed by atoms with Crippen LogP contribution >= 0.6 is 11.8 Å². The summed E-state index contributed by atoms with van der Waals surface area (Å²) in [5.74, 6) is 1.12. The Morgan fingerprint density at radius 3 is 2.58 bits per heavy atom. The van der Waals surface area contributed by atoms with E-state index >= 15 is 0 Å². The number of rotatable bonds is 6. The summed E-state index contributed by atoms with van der Waals surface area (Å²) in [6.45, 7) is 2.18. The first-order chi connectivity index (χ1) is 9.33. The molecular formula is C16H20N2S. The van der Waals surface area contributed by atoms with Gasteiger partial charge >= 0.3 is 0 Å². The maximum Gasteiger partial charge on any atom is 0.0358 e. The molecule has 0 aliphatic carbocycles. The van der Waals surface area contributed by atoms with Crippen molar-refractivity contribution in [3.05, 3.63) is 59.9 Å². The van der Waals surface area contributed by atoms with Crippen LogP contribution in [0, 0.1) is 0 Å². The van der Waals surface area contributed by atoms with Gasteiger partial charge in [0, 0.05) is 23.3 Å².